The summed E-state index contributed by atoms with van der Waals surface area (Å²) in [7, 11) is 0. The number of rotatable bonds is 2. The average Bonchev–Trinajstić information content (AvgIpc) is 2.64. The summed E-state index contributed by atoms with van der Waals surface area (Å²) >= 11 is 0. The molecule has 1 aliphatic rings. The van der Waals surface area contributed by atoms with Gasteiger partial charge in [-0.3, -0.25) is 14.2 Å². The first-order valence-electron chi connectivity index (χ1n) is 8.49. The summed E-state index contributed by atoms with van der Waals surface area (Å²) in [6.07, 6.45) is 1.92. The van der Waals surface area contributed by atoms with Gasteiger partial charge in [-0.05, 0) is 43.5 Å². The van der Waals surface area contributed by atoms with Crippen LogP contribution in [0.1, 0.15) is 17.8 Å². The standard InChI is InChI=1S/C20H19N3O2/c1-14-21-17-10-4-3-9-16(17)20(25)23(14)13-19(24)22-12-6-8-15-7-2-5-11-18(15)22/h2-5,7,9-11H,6,8,12-13H2,1H3. The number of fused-ring (bicyclic) bond motifs is 2. The second kappa shape index (κ2) is 6.16. The number of amides is 1. The number of carbonyl (C=O) groups excluding carboxylic acids is 1. The van der Waals surface area contributed by atoms with E-state index in [2.05, 4.69) is 11.1 Å². The Labute approximate surface area is 145 Å². The summed E-state index contributed by atoms with van der Waals surface area (Å²) in [5.41, 5.74) is 2.64. The summed E-state index contributed by atoms with van der Waals surface area (Å²) in [4.78, 5) is 31.9. The van der Waals surface area contributed by atoms with E-state index in [1.54, 1.807) is 17.9 Å². The Kier molecular flexibility index (Phi) is 3.84. The fourth-order valence-corrected chi connectivity index (χ4v) is 3.48. The van der Waals surface area contributed by atoms with E-state index in [1.165, 1.54) is 10.1 Å². The quantitative estimate of drug-likeness (QED) is 0.724. The van der Waals surface area contributed by atoms with Crippen LogP contribution in [0.25, 0.3) is 10.9 Å². The Morgan fingerprint density at radius 1 is 1.12 bits per heavy atom. The Balaban J connectivity index is 1.71. The minimum atomic E-state index is -0.165. The van der Waals surface area contributed by atoms with Gasteiger partial charge in [0, 0.05) is 12.2 Å². The molecule has 1 aliphatic heterocycles. The molecule has 5 heteroatoms. The van der Waals surface area contributed by atoms with E-state index < -0.39 is 0 Å². The topological polar surface area (TPSA) is 55.2 Å². The molecule has 126 valence electrons. The van der Waals surface area contributed by atoms with Gasteiger partial charge in [-0.25, -0.2) is 4.98 Å². The van der Waals surface area contributed by atoms with Gasteiger partial charge < -0.3 is 4.90 Å². The highest BCUT2D eigenvalue weighted by atomic mass is 16.2. The number of carbonyl (C=O) groups is 1. The van der Waals surface area contributed by atoms with Crippen LogP contribution in [0.3, 0.4) is 0 Å². The van der Waals surface area contributed by atoms with Crippen molar-refractivity contribution in [2.24, 2.45) is 0 Å². The van der Waals surface area contributed by atoms with Crippen LogP contribution in [0, 0.1) is 6.92 Å². The molecule has 5 nitrogen and oxygen atoms in total. The van der Waals surface area contributed by atoms with Crippen molar-refractivity contribution in [1.82, 2.24) is 9.55 Å². The molecule has 0 N–H and O–H groups in total. The maximum absolute atomic E-state index is 12.9. The Morgan fingerprint density at radius 3 is 2.76 bits per heavy atom. The number of aryl methyl sites for hydroxylation is 2. The van der Waals surface area contributed by atoms with E-state index in [0.717, 1.165) is 18.5 Å². The number of anilines is 1. The molecule has 2 aromatic carbocycles. The lowest BCUT2D eigenvalue weighted by molar-refractivity contribution is -0.119. The normalized spacial score (nSPS) is 13.7. The molecule has 0 fully saturated rings. The molecule has 2 heterocycles. The number of para-hydroxylation sites is 2. The van der Waals surface area contributed by atoms with Gasteiger partial charge in [0.1, 0.15) is 12.4 Å². The average molecular weight is 333 g/mol. The van der Waals surface area contributed by atoms with E-state index in [4.69, 9.17) is 0 Å². The van der Waals surface area contributed by atoms with Crippen molar-refractivity contribution in [2.45, 2.75) is 26.3 Å². The summed E-state index contributed by atoms with van der Waals surface area (Å²) in [6.45, 7) is 2.47. The van der Waals surface area contributed by atoms with Crippen molar-refractivity contribution in [3.8, 4) is 0 Å². The number of nitrogens with zero attached hydrogens (tertiary/aromatic N) is 3. The fourth-order valence-electron chi connectivity index (χ4n) is 3.48. The van der Waals surface area contributed by atoms with Gasteiger partial charge in [0.05, 0.1) is 10.9 Å². The van der Waals surface area contributed by atoms with Crippen molar-refractivity contribution < 1.29 is 4.79 Å². The third kappa shape index (κ3) is 2.71. The van der Waals surface area contributed by atoms with E-state index >= 15 is 0 Å². The number of benzene rings is 2. The Hall–Kier alpha value is -2.95. The van der Waals surface area contributed by atoms with Crippen LogP contribution in [0.2, 0.25) is 0 Å². The van der Waals surface area contributed by atoms with E-state index in [9.17, 15) is 9.59 Å². The third-order valence-electron chi connectivity index (χ3n) is 4.76. The molecule has 0 aliphatic carbocycles. The zero-order valence-electron chi connectivity index (χ0n) is 14.1. The van der Waals surface area contributed by atoms with Crippen molar-refractivity contribution in [1.29, 1.82) is 0 Å². The highest BCUT2D eigenvalue weighted by Gasteiger charge is 2.23. The molecule has 0 spiro atoms. The van der Waals surface area contributed by atoms with Gasteiger partial charge >= 0.3 is 0 Å². The molecule has 0 radical (unpaired) electrons. The number of hydrogen-bond donors (Lipinski definition) is 0. The van der Waals surface area contributed by atoms with Gasteiger partial charge in [-0.2, -0.15) is 0 Å². The lowest BCUT2D eigenvalue weighted by atomic mass is 10.0. The smallest absolute Gasteiger partial charge is 0.261 e. The molecule has 0 atom stereocenters. The van der Waals surface area contributed by atoms with E-state index in [0.29, 0.717) is 23.3 Å². The molecule has 4 rings (SSSR count). The first-order chi connectivity index (χ1) is 12.1. The lowest BCUT2D eigenvalue weighted by Crippen LogP contribution is -2.40. The second-order valence-corrected chi connectivity index (χ2v) is 6.35. The third-order valence-corrected chi connectivity index (χ3v) is 4.76. The van der Waals surface area contributed by atoms with Crippen LogP contribution in [0.5, 0.6) is 0 Å². The van der Waals surface area contributed by atoms with Crippen LogP contribution in [-0.4, -0.2) is 22.0 Å². The molecule has 0 saturated carbocycles. The molecular weight excluding hydrogens is 314 g/mol. The van der Waals surface area contributed by atoms with Gasteiger partial charge in [-0.1, -0.05) is 30.3 Å². The largest absolute Gasteiger partial charge is 0.311 e. The predicted molar refractivity (Wildman–Crippen MR) is 97.9 cm³/mol. The SMILES string of the molecule is Cc1nc2ccccc2c(=O)n1CC(=O)N1CCCc2ccccc21. The predicted octanol–water partition coefficient (Wildman–Crippen LogP) is 2.68. The van der Waals surface area contributed by atoms with Gasteiger partial charge in [0.25, 0.3) is 5.56 Å². The second-order valence-electron chi connectivity index (χ2n) is 6.35. The minimum Gasteiger partial charge on any atom is -0.311 e. The van der Waals surface area contributed by atoms with Crippen molar-refractivity contribution in [3.05, 3.63) is 70.3 Å². The van der Waals surface area contributed by atoms with Crippen LogP contribution in [0.15, 0.2) is 53.3 Å². The number of aromatic nitrogens is 2. The summed E-state index contributed by atoms with van der Waals surface area (Å²) in [5.74, 6) is 0.483. The fraction of sp³-hybridized carbons (Fsp3) is 0.250. The van der Waals surface area contributed by atoms with Crippen molar-refractivity contribution in [3.63, 3.8) is 0 Å². The molecule has 25 heavy (non-hydrogen) atoms. The van der Waals surface area contributed by atoms with Gasteiger partial charge in [0.15, 0.2) is 0 Å². The van der Waals surface area contributed by atoms with E-state index in [1.807, 2.05) is 36.4 Å². The van der Waals surface area contributed by atoms with Gasteiger partial charge in [0.2, 0.25) is 5.91 Å². The van der Waals surface area contributed by atoms with E-state index in [-0.39, 0.29) is 18.0 Å². The maximum atomic E-state index is 12.9. The van der Waals surface area contributed by atoms with Crippen molar-refractivity contribution >= 4 is 22.5 Å². The van der Waals surface area contributed by atoms with Crippen LogP contribution >= 0.6 is 0 Å². The number of hydrogen-bond acceptors (Lipinski definition) is 3. The molecular formula is C20H19N3O2. The molecule has 0 bridgehead atoms. The molecule has 0 saturated heterocycles. The molecule has 0 unspecified atom stereocenters. The Bertz CT molecular complexity index is 1020. The Morgan fingerprint density at radius 2 is 1.88 bits per heavy atom. The maximum Gasteiger partial charge on any atom is 0.261 e. The minimum absolute atomic E-state index is 0.0107. The first-order valence-corrected chi connectivity index (χ1v) is 8.49. The molecule has 1 aromatic heterocycles. The van der Waals surface area contributed by atoms with Crippen LogP contribution < -0.4 is 10.5 Å². The molecule has 1 amide bonds. The van der Waals surface area contributed by atoms with Crippen molar-refractivity contribution in [2.75, 3.05) is 11.4 Å². The van der Waals surface area contributed by atoms with Gasteiger partial charge in [-0.15, -0.1) is 0 Å². The highest BCUT2D eigenvalue weighted by Crippen LogP contribution is 2.26. The zero-order valence-corrected chi connectivity index (χ0v) is 14.1. The first kappa shape index (κ1) is 15.6. The lowest BCUT2D eigenvalue weighted by Gasteiger charge is -2.29. The summed E-state index contributed by atoms with van der Waals surface area (Å²) in [5, 5.41) is 0.542. The summed E-state index contributed by atoms with van der Waals surface area (Å²) < 4.78 is 1.47. The highest BCUT2D eigenvalue weighted by molar-refractivity contribution is 5.94. The monoisotopic (exact) mass is 333 g/mol. The molecule has 3 aromatic rings. The van der Waals surface area contributed by atoms with Crippen LogP contribution in [0.4, 0.5) is 5.69 Å². The summed E-state index contributed by atoms with van der Waals surface area (Å²) in [6, 6.07) is 15.2. The van der Waals surface area contributed by atoms with Crippen LogP contribution in [-0.2, 0) is 17.8 Å². The zero-order chi connectivity index (χ0) is 17.4.